The van der Waals surface area contributed by atoms with Gasteiger partial charge in [0.05, 0.1) is 17.5 Å². The zero-order chi connectivity index (χ0) is 26.5. The molecule has 0 spiro atoms. The Balaban J connectivity index is 1.58. The highest BCUT2D eigenvalue weighted by atomic mass is 35.5. The minimum Gasteiger partial charge on any atom is -0.486 e. The molecule has 0 saturated carbocycles. The predicted octanol–water partition coefficient (Wildman–Crippen LogP) is 7.26. The van der Waals surface area contributed by atoms with Crippen molar-refractivity contribution in [3.05, 3.63) is 88.7 Å². The van der Waals surface area contributed by atoms with Crippen LogP contribution in [0.5, 0.6) is 5.75 Å². The Morgan fingerprint density at radius 2 is 1.84 bits per heavy atom. The monoisotopic (exact) mass is 560 g/mol. The van der Waals surface area contributed by atoms with E-state index < -0.39 is 5.82 Å². The molecule has 2 heterocycles. The summed E-state index contributed by atoms with van der Waals surface area (Å²) >= 11 is 8.99. The summed E-state index contributed by atoms with van der Waals surface area (Å²) in [5.41, 5.74) is 3.14. The Hall–Kier alpha value is -3.21. The van der Waals surface area contributed by atoms with Gasteiger partial charge in [0.25, 0.3) is 5.91 Å². The second-order valence-corrected chi connectivity index (χ2v) is 9.93. The molecule has 0 saturated heterocycles. The van der Waals surface area contributed by atoms with Crippen molar-refractivity contribution in [2.45, 2.75) is 11.5 Å². The molecule has 4 rings (SSSR count). The van der Waals surface area contributed by atoms with Gasteiger partial charge in [0.2, 0.25) is 0 Å². The average molecular weight is 561 g/mol. The number of pyridine rings is 1. The maximum atomic E-state index is 14.1. The fourth-order valence-electron chi connectivity index (χ4n) is 3.67. The van der Waals surface area contributed by atoms with E-state index in [1.165, 1.54) is 41.9 Å². The van der Waals surface area contributed by atoms with Crippen molar-refractivity contribution in [3.63, 3.8) is 0 Å². The lowest BCUT2D eigenvalue weighted by Crippen LogP contribution is -2.11. The van der Waals surface area contributed by atoms with E-state index in [-0.39, 0.29) is 24.1 Å². The molecule has 2 aromatic heterocycles. The molecule has 0 aliphatic heterocycles. The van der Waals surface area contributed by atoms with Gasteiger partial charge in [-0.3, -0.25) is 4.79 Å². The van der Waals surface area contributed by atoms with Crippen molar-refractivity contribution in [2.75, 3.05) is 22.6 Å². The fourth-order valence-corrected chi connectivity index (χ4v) is 4.76. The SMILES string of the molecule is CSNc1cc(Cl)cc(NC(=O)c2cc(-c3ncc(F)cc3OCc3cc(F)cc(SC)c3)n(C)c2)c1. The van der Waals surface area contributed by atoms with Gasteiger partial charge in [0.1, 0.15) is 23.9 Å². The first-order chi connectivity index (χ1) is 17.7. The number of anilines is 2. The van der Waals surface area contributed by atoms with Crippen LogP contribution in [0.1, 0.15) is 15.9 Å². The van der Waals surface area contributed by atoms with Crippen LogP contribution in [0.2, 0.25) is 5.02 Å². The number of hydrogen-bond donors (Lipinski definition) is 2. The number of hydrogen-bond acceptors (Lipinski definition) is 6. The quantitative estimate of drug-likeness (QED) is 0.166. The number of halogens is 3. The van der Waals surface area contributed by atoms with E-state index in [0.29, 0.717) is 33.2 Å². The molecule has 0 bridgehead atoms. The zero-order valence-electron chi connectivity index (χ0n) is 20.1. The number of thioether (sulfide) groups is 1. The Morgan fingerprint density at radius 1 is 1.05 bits per heavy atom. The van der Waals surface area contributed by atoms with E-state index in [4.69, 9.17) is 16.3 Å². The Labute approximate surface area is 226 Å². The summed E-state index contributed by atoms with van der Waals surface area (Å²) < 4.78 is 38.7. The first kappa shape index (κ1) is 26.8. The van der Waals surface area contributed by atoms with Gasteiger partial charge in [-0.2, -0.15) is 0 Å². The largest absolute Gasteiger partial charge is 0.486 e. The highest BCUT2D eigenvalue weighted by Crippen LogP contribution is 2.31. The molecule has 11 heteroatoms. The number of aryl methyl sites for hydroxylation is 1. The molecule has 2 N–H and O–H groups in total. The van der Waals surface area contributed by atoms with Crippen LogP contribution in [0.4, 0.5) is 20.2 Å². The summed E-state index contributed by atoms with van der Waals surface area (Å²) in [7, 11) is 1.75. The molecule has 0 unspecified atom stereocenters. The maximum absolute atomic E-state index is 14.1. The highest BCUT2D eigenvalue weighted by molar-refractivity contribution is 7.99. The summed E-state index contributed by atoms with van der Waals surface area (Å²) in [4.78, 5) is 18.0. The topological polar surface area (TPSA) is 68.2 Å². The predicted molar refractivity (Wildman–Crippen MR) is 148 cm³/mol. The number of rotatable bonds is 9. The van der Waals surface area contributed by atoms with Crippen molar-refractivity contribution in [1.29, 1.82) is 0 Å². The third kappa shape index (κ3) is 6.76. The van der Waals surface area contributed by atoms with Crippen molar-refractivity contribution in [3.8, 4) is 17.1 Å². The van der Waals surface area contributed by atoms with Gasteiger partial charge in [0, 0.05) is 46.9 Å². The molecular weight excluding hydrogens is 538 g/mol. The molecule has 0 atom stereocenters. The molecule has 4 aromatic rings. The fraction of sp³-hybridized carbons (Fsp3) is 0.154. The molecule has 192 valence electrons. The molecular formula is C26H23ClF2N4O2S2. The van der Waals surface area contributed by atoms with Crippen molar-refractivity contribution >= 4 is 52.6 Å². The van der Waals surface area contributed by atoms with E-state index in [0.717, 1.165) is 16.8 Å². The summed E-state index contributed by atoms with van der Waals surface area (Å²) in [6.07, 6.45) is 6.45. The number of nitrogens with zero attached hydrogens (tertiary/aromatic N) is 2. The van der Waals surface area contributed by atoms with E-state index >= 15 is 0 Å². The van der Waals surface area contributed by atoms with E-state index in [2.05, 4.69) is 15.0 Å². The number of carbonyl (C=O) groups excluding carboxylic acids is 1. The average Bonchev–Trinajstić information content (AvgIpc) is 3.23. The zero-order valence-corrected chi connectivity index (χ0v) is 22.5. The van der Waals surface area contributed by atoms with Crippen LogP contribution in [0, 0.1) is 11.6 Å². The van der Waals surface area contributed by atoms with E-state index in [1.807, 2.05) is 12.5 Å². The number of ether oxygens (including phenoxy) is 1. The van der Waals surface area contributed by atoms with Gasteiger partial charge in [-0.05, 0) is 54.3 Å². The first-order valence-corrected chi connectivity index (χ1v) is 13.8. The summed E-state index contributed by atoms with van der Waals surface area (Å²) in [5, 5.41) is 3.32. The summed E-state index contributed by atoms with van der Waals surface area (Å²) in [6.45, 7) is 0.0163. The van der Waals surface area contributed by atoms with Gasteiger partial charge in [0.15, 0.2) is 5.75 Å². The van der Waals surface area contributed by atoms with Crippen LogP contribution in [-0.2, 0) is 13.7 Å². The number of carbonyl (C=O) groups is 1. The smallest absolute Gasteiger partial charge is 0.257 e. The van der Waals surface area contributed by atoms with Crippen LogP contribution in [-0.4, -0.2) is 28.0 Å². The van der Waals surface area contributed by atoms with Crippen LogP contribution >= 0.6 is 35.3 Å². The number of nitrogens with one attached hydrogen (secondary N) is 2. The Bertz CT molecular complexity index is 1450. The van der Waals surface area contributed by atoms with Gasteiger partial charge in [-0.15, -0.1) is 11.8 Å². The molecule has 0 fully saturated rings. The molecule has 37 heavy (non-hydrogen) atoms. The van der Waals surface area contributed by atoms with Crippen LogP contribution in [0.15, 0.2) is 65.8 Å². The Kier molecular flexibility index (Phi) is 8.63. The van der Waals surface area contributed by atoms with Gasteiger partial charge < -0.3 is 19.3 Å². The lowest BCUT2D eigenvalue weighted by molar-refractivity contribution is 0.102. The highest BCUT2D eigenvalue weighted by Gasteiger charge is 2.18. The summed E-state index contributed by atoms with van der Waals surface area (Å²) in [6, 6.07) is 12.6. The van der Waals surface area contributed by atoms with Gasteiger partial charge in [-0.25, -0.2) is 13.8 Å². The number of benzene rings is 2. The van der Waals surface area contributed by atoms with E-state index in [1.54, 1.807) is 48.1 Å². The van der Waals surface area contributed by atoms with Gasteiger partial charge in [-0.1, -0.05) is 23.5 Å². The maximum Gasteiger partial charge on any atom is 0.257 e. The molecule has 0 aliphatic carbocycles. The summed E-state index contributed by atoms with van der Waals surface area (Å²) in [5.74, 6) is -1.14. The molecule has 2 aromatic carbocycles. The number of aromatic nitrogens is 2. The number of amides is 1. The third-order valence-corrected chi connectivity index (χ3v) is 6.63. The minimum atomic E-state index is -0.578. The van der Waals surface area contributed by atoms with Crippen molar-refractivity contribution in [2.24, 2.45) is 7.05 Å². The van der Waals surface area contributed by atoms with Crippen LogP contribution in [0.3, 0.4) is 0 Å². The van der Waals surface area contributed by atoms with Crippen molar-refractivity contribution < 1.29 is 18.3 Å². The van der Waals surface area contributed by atoms with Crippen LogP contribution < -0.4 is 14.8 Å². The minimum absolute atomic E-state index is 0.0163. The second-order valence-electron chi connectivity index (χ2n) is 8.00. The normalized spacial score (nSPS) is 10.9. The van der Waals surface area contributed by atoms with E-state index in [9.17, 15) is 13.6 Å². The second kappa shape index (κ2) is 11.9. The Morgan fingerprint density at radius 3 is 2.59 bits per heavy atom. The third-order valence-electron chi connectivity index (χ3n) is 5.27. The molecule has 1 amide bonds. The molecule has 0 aliphatic rings. The first-order valence-electron chi connectivity index (χ1n) is 10.9. The van der Waals surface area contributed by atoms with Gasteiger partial charge >= 0.3 is 0 Å². The van der Waals surface area contributed by atoms with Crippen molar-refractivity contribution in [1.82, 2.24) is 9.55 Å². The lowest BCUT2D eigenvalue weighted by atomic mass is 10.2. The molecule has 0 radical (unpaired) electrons. The molecule has 6 nitrogen and oxygen atoms in total. The standard InChI is InChI=1S/C26H23ClF2N4O2S2/c1-33-13-16(26(34)31-20-7-17(27)8-21(11-20)32-37-3)6-23(33)25-24(10-19(29)12-30-25)35-14-15-4-18(28)9-22(5-15)36-2/h4-13,32H,14H2,1-3H3,(H,31,34). The lowest BCUT2D eigenvalue weighted by Gasteiger charge is -2.12. The van der Waals surface area contributed by atoms with Crippen LogP contribution in [0.25, 0.3) is 11.4 Å².